The predicted molar refractivity (Wildman–Crippen MR) is 38.9 cm³/mol. The van der Waals surface area contributed by atoms with E-state index in [4.69, 9.17) is 8.05 Å². The van der Waals surface area contributed by atoms with E-state index in [1.807, 2.05) is 32.8 Å². The number of hydrogen-bond acceptors (Lipinski definition) is 2. The van der Waals surface area contributed by atoms with Crippen molar-refractivity contribution in [1.29, 1.82) is 0 Å². The molecule has 0 aromatic rings. The molecule has 0 heterocycles. The number of allylic oxidation sites excluding steroid dienone is 1. The number of nitrogens with zero attached hydrogens (tertiary/aromatic N) is 1. The molecule has 0 saturated heterocycles. The van der Waals surface area contributed by atoms with E-state index in [2.05, 4.69) is 4.65 Å². The van der Waals surface area contributed by atoms with E-state index in [1.54, 1.807) is 0 Å². The molecule has 2 radical (unpaired) electrons. The standard InChI is InChI=1S/C6H12BNO/c1-5(2)6(9-7)8(3)4/h1-4H3. The molecule has 0 fully saturated rings. The smallest absolute Gasteiger partial charge is 0.376 e. The summed E-state index contributed by atoms with van der Waals surface area (Å²) in [5, 5.41) is 0. The molecule has 0 aliphatic heterocycles. The highest BCUT2D eigenvalue weighted by Gasteiger charge is 1.97. The van der Waals surface area contributed by atoms with Gasteiger partial charge in [-0.25, -0.2) is 0 Å². The average molecular weight is 125 g/mol. The molecule has 0 atom stereocenters. The van der Waals surface area contributed by atoms with Crippen LogP contribution in [0.4, 0.5) is 0 Å². The normalized spacial score (nSPS) is 8.44. The van der Waals surface area contributed by atoms with Crippen LogP contribution >= 0.6 is 0 Å². The fraction of sp³-hybridized carbons (Fsp3) is 0.667. The summed E-state index contributed by atoms with van der Waals surface area (Å²) in [6.45, 7) is 3.89. The maximum atomic E-state index is 4.98. The van der Waals surface area contributed by atoms with Gasteiger partial charge in [0.1, 0.15) is 0 Å². The Bertz CT molecular complexity index is 116. The lowest BCUT2D eigenvalue weighted by atomic mass is 10.3. The second kappa shape index (κ2) is 3.43. The van der Waals surface area contributed by atoms with Crippen LogP contribution < -0.4 is 0 Å². The van der Waals surface area contributed by atoms with Crippen molar-refractivity contribution in [3.05, 3.63) is 11.5 Å². The lowest BCUT2D eigenvalue weighted by Crippen LogP contribution is -2.14. The Labute approximate surface area is 57.9 Å². The molecule has 50 valence electrons. The lowest BCUT2D eigenvalue weighted by Gasteiger charge is -2.17. The summed E-state index contributed by atoms with van der Waals surface area (Å²) in [5.41, 5.74) is 1.07. The zero-order valence-corrected chi connectivity index (χ0v) is 6.43. The van der Waals surface area contributed by atoms with Crippen molar-refractivity contribution in [2.24, 2.45) is 0 Å². The molecule has 0 aliphatic carbocycles. The molecule has 0 saturated carbocycles. The van der Waals surface area contributed by atoms with Crippen molar-refractivity contribution >= 4 is 8.05 Å². The van der Waals surface area contributed by atoms with E-state index in [-0.39, 0.29) is 0 Å². The molecule has 0 aliphatic rings. The molecule has 3 heteroatoms. The Morgan fingerprint density at radius 3 is 1.78 bits per heavy atom. The maximum Gasteiger partial charge on any atom is 0.376 e. The molecule has 0 unspecified atom stereocenters. The molecule has 0 aromatic carbocycles. The van der Waals surface area contributed by atoms with Crippen molar-refractivity contribution in [3.8, 4) is 0 Å². The first-order chi connectivity index (χ1) is 4.09. The fourth-order valence-electron chi connectivity index (χ4n) is 0.670. The van der Waals surface area contributed by atoms with E-state index in [9.17, 15) is 0 Å². The van der Waals surface area contributed by atoms with Crippen molar-refractivity contribution in [2.45, 2.75) is 13.8 Å². The maximum absolute atomic E-state index is 4.98. The minimum absolute atomic E-state index is 0.718. The Morgan fingerprint density at radius 1 is 1.33 bits per heavy atom. The zero-order valence-electron chi connectivity index (χ0n) is 6.43. The average Bonchev–Trinajstić information content (AvgIpc) is 1.64. The molecule has 0 bridgehead atoms. The van der Waals surface area contributed by atoms with Gasteiger partial charge in [0, 0.05) is 14.1 Å². The van der Waals surface area contributed by atoms with Gasteiger partial charge in [0.2, 0.25) is 0 Å². The van der Waals surface area contributed by atoms with E-state index in [0.717, 1.165) is 11.5 Å². The second-order valence-corrected chi connectivity index (χ2v) is 2.32. The van der Waals surface area contributed by atoms with Crippen molar-refractivity contribution in [3.63, 3.8) is 0 Å². The van der Waals surface area contributed by atoms with Crippen LogP contribution in [0, 0.1) is 0 Å². The third kappa shape index (κ3) is 2.45. The summed E-state index contributed by atoms with van der Waals surface area (Å²) in [5.74, 6) is 0.718. The van der Waals surface area contributed by atoms with Gasteiger partial charge in [-0.2, -0.15) is 0 Å². The molecule has 0 rings (SSSR count). The Balaban J connectivity index is 4.16. The first-order valence-electron chi connectivity index (χ1n) is 2.81. The SMILES string of the molecule is [B]OC(=C(C)C)N(C)C. The lowest BCUT2D eigenvalue weighted by molar-refractivity contribution is 0.293. The Hall–Kier alpha value is -0.595. The van der Waals surface area contributed by atoms with E-state index in [0.29, 0.717) is 0 Å². The molecule has 9 heavy (non-hydrogen) atoms. The quantitative estimate of drug-likeness (QED) is 0.401. The first kappa shape index (κ1) is 8.40. The predicted octanol–water partition coefficient (Wildman–Crippen LogP) is 0.899. The van der Waals surface area contributed by atoms with Crippen LogP contribution in [0.5, 0.6) is 0 Å². The molecule has 0 spiro atoms. The second-order valence-electron chi connectivity index (χ2n) is 2.32. The van der Waals surface area contributed by atoms with Gasteiger partial charge >= 0.3 is 8.05 Å². The molecular weight excluding hydrogens is 113 g/mol. The highest BCUT2D eigenvalue weighted by atomic mass is 16.4. The molecule has 2 nitrogen and oxygen atoms in total. The topological polar surface area (TPSA) is 12.5 Å². The van der Waals surface area contributed by atoms with Gasteiger partial charge in [0.25, 0.3) is 0 Å². The van der Waals surface area contributed by atoms with Gasteiger partial charge in [-0.05, 0) is 19.4 Å². The van der Waals surface area contributed by atoms with Crippen LogP contribution in [0.2, 0.25) is 0 Å². The van der Waals surface area contributed by atoms with Crippen LogP contribution in [0.25, 0.3) is 0 Å². The summed E-state index contributed by atoms with van der Waals surface area (Å²) in [6, 6.07) is 0. The van der Waals surface area contributed by atoms with Crippen LogP contribution in [0.1, 0.15) is 13.8 Å². The van der Waals surface area contributed by atoms with Gasteiger partial charge in [-0.3, -0.25) is 0 Å². The highest BCUT2D eigenvalue weighted by molar-refractivity contribution is 5.98. The van der Waals surface area contributed by atoms with Crippen molar-refractivity contribution in [1.82, 2.24) is 4.90 Å². The largest absolute Gasteiger partial charge is 0.556 e. The summed E-state index contributed by atoms with van der Waals surface area (Å²) in [4.78, 5) is 1.83. The summed E-state index contributed by atoms with van der Waals surface area (Å²) < 4.78 is 4.58. The minimum atomic E-state index is 0.718. The van der Waals surface area contributed by atoms with Gasteiger partial charge < -0.3 is 9.55 Å². The Morgan fingerprint density at radius 2 is 1.78 bits per heavy atom. The Kier molecular flexibility index (Phi) is 3.21. The van der Waals surface area contributed by atoms with Crippen molar-refractivity contribution in [2.75, 3.05) is 14.1 Å². The number of hydrogen-bond donors (Lipinski definition) is 0. The fourth-order valence-corrected chi connectivity index (χ4v) is 0.670. The van der Waals surface area contributed by atoms with Crippen LogP contribution in [-0.2, 0) is 4.65 Å². The summed E-state index contributed by atoms with van der Waals surface area (Å²) in [6.07, 6.45) is 0. The van der Waals surface area contributed by atoms with Gasteiger partial charge in [-0.1, -0.05) is 0 Å². The molecule has 0 amide bonds. The minimum Gasteiger partial charge on any atom is -0.556 e. The monoisotopic (exact) mass is 125 g/mol. The third-order valence-corrected chi connectivity index (χ3v) is 0.946. The highest BCUT2D eigenvalue weighted by Crippen LogP contribution is 2.04. The number of rotatable bonds is 2. The van der Waals surface area contributed by atoms with Gasteiger partial charge in [-0.15, -0.1) is 0 Å². The van der Waals surface area contributed by atoms with E-state index < -0.39 is 0 Å². The first-order valence-corrected chi connectivity index (χ1v) is 2.81. The van der Waals surface area contributed by atoms with Gasteiger partial charge in [0.05, 0.1) is 0 Å². The molecule has 0 N–H and O–H groups in total. The van der Waals surface area contributed by atoms with Crippen molar-refractivity contribution < 1.29 is 4.65 Å². The van der Waals surface area contributed by atoms with E-state index >= 15 is 0 Å². The van der Waals surface area contributed by atoms with Crippen LogP contribution in [0.3, 0.4) is 0 Å². The molecular formula is C6H12BNO. The zero-order chi connectivity index (χ0) is 7.44. The van der Waals surface area contributed by atoms with Crippen LogP contribution in [0.15, 0.2) is 11.5 Å². The molecule has 0 aromatic heterocycles. The van der Waals surface area contributed by atoms with E-state index in [1.165, 1.54) is 0 Å². The third-order valence-electron chi connectivity index (χ3n) is 0.946. The summed E-state index contributed by atoms with van der Waals surface area (Å²) >= 11 is 0. The summed E-state index contributed by atoms with van der Waals surface area (Å²) in [7, 11) is 8.74. The van der Waals surface area contributed by atoms with Gasteiger partial charge in [0.15, 0.2) is 5.88 Å². The van der Waals surface area contributed by atoms with Crippen LogP contribution in [-0.4, -0.2) is 27.0 Å².